The Labute approximate surface area is 795 Å². The molecule has 0 radical (unpaired) electrons. The van der Waals surface area contributed by atoms with Crippen LogP contribution in [0.2, 0.25) is 5.02 Å². The molecule has 4 aliphatic rings. The summed E-state index contributed by atoms with van der Waals surface area (Å²) in [5.41, 5.74) is 41.1. The molecule has 640 valence electrons. The molecule has 0 amide bonds. The molecule has 22 aromatic rings. The highest BCUT2D eigenvalue weighted by molar-refractivity contribution is 6.31. The maximum Gasteiger partial charge on any atom is 0.0719 e. The monoisotopic (exact) mass is 1740 g/mol. The first kappa shape index (κ1) is 82.0. The Kier molecular flexibility index (Phi) is 20.2. The predicted molar refractivity (Wildman–Crippen MR) is 570 cm³/mol. The summed E-state index contributed by atoms with van der Waals surface area (Å²) in [5.74, 6) is 0. The molecular weight excluding hydrogens is 1650 g/mol. The number of hydrogen-bond donors (Lipinski definition) is 1. The molecule has 0 aliphatic heterocycles. The lowest BCUT2D eigenvalue weighted by atomic mass is 9.55. The van der Waals surface area contributed by atoms with Crippen LogP contribution in [0, 0.1) is 0 Å². The zero-order chi connectivity index (χ0) is 90.5. The van der Waals surface area contributed by atoms with Crippen molar-refractivity contribution in [2.24, 2.45) is 0 Å². The number of rotatable bonds is 11. The molecule has 0 saturated heterocycles. The second-order valence-corrected chi connectivity index (χ2v) is 37.8. The third kappa shape index (κ3) is 13.5. The van der Waals surface area contributed by atoms with Crippen LogP contribution in [0.15, 0.2) is 497 Å². The Morgan fingerprint density at radius 1 is 0.200 bits per heavy atom. The van der Waals surface area contributed by atoms with Crippen molar-refractivity contribution in [1.29, 1.82) is 0 Å². The van der Waals surface area contributed by atoms with Gasteiger partial charge in [-0.2, -0.15) is 0 Å². The van der Waals surface area contributed by atoms with Crippen LogP contribution in [0.1, 0.15) is 94.5 Å². The Balaban J connectivity index is 0.000000125. The van der Waals surface area contributed by atoms with Crippen LogP contribution in [0.25, 0.3) is 132 Å². The lowest BCUT2D eigenvalue weighted by molar-refractivity contribution is 0.563. The number of nitrogens with one attached hydrogen (secondary N) is 1. The summed E-state index contributed by atoms with van der Waals surface area (Å²) >= 11 is 6.31. The van der Waals surface area contributed by atoms with Crippen LogP contribution in [0.3, 0.4) is 0 Å². The highest BCUT2D eigenvalue weighted by Gasteiger charge is 2.56. The van der Waals surface area contributed by atoms with Crippen LogP contribution in [0.5, 0.6) is 0 Å². The molecule has 3 heteroatoms. The van der Waals surface area contributed by atoms with Crippen molar-refractivity contribution in [2.45, 2.75) is 49.4 Å². The number of hydrogen-bond acceptors (Lipinski definition) is 2. The lowest BCUT2D eigenvalue weighted by Gasteiger charge is -2.46. The number of nitrogens with zero attached hydrogens (tertiary/aromatic N) is 1. The molecule has 0 aromatic heterocycles. The maximum atomic E-state index is 6.31. The first-order valence-corrected chi connectivity index (χ1v) is 47.4. The standard InChI is InChI=1S/C66H47N.C42H29Cl.C24H19N/c1-65(2)58-26-12-14-28-60(58)66(61-29-15-13-27-59(61)65)57-25-11-9-23-56(57)64-55(24-17-30-62(64)66)48-36-40-52-47(42-48)32-33-49-43-51(39-41-53(49)52)67(50-37-34-45(35-38-50)44-18-5-3-6-19-44)63-31-16-10-22-54(63)46-20-7-4-8-21-46;1-41(2)35-13-5-7-15-37(35)42(38-16-8-6-14-36(38)41)34-12-4-3-10-33(34)40-32(11-9-17-39(40)42)27-20-22-30-26(24-27)18-19-28-25-29(43)21-23-31(28)30;1-3-9-19(10-4-1)20-15-17-22(18-16-20)25-24-14-8-7-13-23(24)21-11-5-2-6-12-21/h3-43H,1-2H3;3-25H,1-2H3;1-18,25H. The zero-order valence-electron chi connectivity index (χ0n) is 75.7. The summed E-state index contributed by atoms with van der Waals surface area (Å²) in [7, 11) is 0. The van der Waals surface area contributed by atoms with Gasteiger partial charge < -0.3 is 10.2 Å². The Morgan fingerprint density at radius 2 is 0.504 bits per heavy atom. The second-order valence-electron chi connectivity index (χ2n) is 37.4. The summed E-state index contributed by atoms with van der Waals surface area (Å²) in [6.07, 6.45) is 0. The normalized spacial score (nSPS) is 13.6. The molecule has 135 heavy (non-hydrogen) atoms. The number of fused-ring (bicyclic) bond motifs is 24. The van der Waals surface area contributed by atoms with Gasteiger partial charge in [-0.3, -0.25) is 0 Å². The molecule has 2 nitrogen and oxygen atoms in total. The van der Waals surface area contributed by atoms with Crippen molar-refractivity contribution in [3.63, 3.8) is 0 Å². The molecule has 0 fully saturated rings. The fourth-order valence-corrected chi connectivity index (χ4v) is 23.4. The summed E-state index contributed by atoms with van der Waals surface area (Å²) < 4.78 is 0. The topological polar surface area (TPSA) is 15.3 Å². The molecule has 22 aromatic carbocycles. The molecular formula is C132H95ClN2. The molecule has 0 unspecified atom stereocenters. The first-order chi connectivity index (χ1) is 66.4. The van der Waals surface area contributed by atoms with Crippen molar-refractivity contribution in [3.8, 4) is 89.0 Å². The minimum absolute atomic E-state index is 0.0981. The summed E-state index contributed by atoms with van der Waals surface area (Å²) in [4.78, 5) is 2.41. The zero-order valence-corrected chi connectivity index (χ0v) is 76.4. The van der Waals surface area contributed by atoms with Gasteiger partial charge in [0, 0.05) is 49.7 Å². The Bertz CT molecular complexity index is 8280. The fraction of sp³-hybridized carbons (Fsp3) is 0.0606. The number of anilines is 5. The summed E-state index contributed by atoms with van der Waals surface area (Å²) in [6, 6.07) is 182. The highest BCUT2D eigenvalue weighted by Crippen LogP contribution is 2.66. The minimum Gasteiger partial charge on any atom is -0.355 e. The lowest BCUT2D eigenvalue weighted by Crippen LogP contribution is -2.40. The third-order valence-corrected chi connectivity index (χ3v) is 29.6. The van der Waals surface area contributed by atoms with Gasteiger partial charge in [-0.05, 0) is 261 Å². The summed E-state index contributed by atoms with van der Waals surface area (Å²) in [6.45, 7) is 9.53. The van der Waals surface area contributed by atoms with Gasteiger partial charge in [-0.25, -0.2) is 0 Å². The van der Waals surface area contributed by atoms with E-state index in [0.29, 0.717) is 0 Å². The van der Waals surface area contributed by atoms with E-state index >= 15 is 0 Å². The average molecular weight is 1740 g/mol. The van der Waals surface area contributed by atoms with E-state index in [9.17, 15) is 0 Å². The molecule has 26 rings (SSSR count). The third-order valence-electron chi connectivity index (χ3n) is 29.4. The first-order valence-electron chi connectivity index (χ1n) is 47.0. The molecule has 0 atom stereocenters. The van der Waals surface area contributed by atoms with Gasteiger partial charge in [0.15, 0.2) is 0 Å². The number of halogens is 1. The van der Waals surface area contributed by atoms with Crippen LogP contribution in [0.4, 0.5) is 28.4 Å². The van der Waals surface area contributed by atoms with Gasteiger partial charge in [0.05, 0.1) is 16.5 Å². The maximum absolute atomic E-state index is 6.31. The SMILES string of the molecule is CC1(C)c2ccccc2C2(c3ccccc3-c3c(-c4ccc5c(ccc6cc(Cl)ccc65)c4)cccc32)c2ccccc21.CC1(C)c2ccccc2C2(c3ccccc3-c3c(-c4ccc5c(ccc6cc(N(c7ccc(-c8ccccc8)cc7)c7ccccc7-c7ccccc7)ccc65)c4)cccc32)c2ccccc21.c1ccc(-c2ccc(Nc3ccccc3-c3ccccc3)cc2)cc1. The van der Waals surface area contributed by atoms with E-state index in [1.807, 2.05) is 24.3 Å². The van der Waals surface area contributed by atoms with Crippen molar-refractivity contribution in [1.82, 2.24) is 0 Å². The van der Waals surface area contributed by atoms with E-state index in [1.165, 1.54) is 199 Å². The number of benzene rings is 22. The molecule has 4 aliphatic carbocycles. The van der Waals surface area contributed by atoms with E-state index < -0.39 is 5.41 Å². The molecule has 1 N–H and O–H groups in total. The smallest absolute Gasteiger partial charge is 0.0719 e. The summed E-state index contributed by atoms with van der Waals surface area (Å²) in [5, 5.41) is 14.1. The second kappa shape index (κ2) is 33.2. The molecule has 0 saturated carbocycles. The van der Waals surface area contributed by atoms with E-state index in [0.717, 1.165) is 33.5 Å². The van der Waals surface area contributed by atoms with Crippen molar-refractivity contribution >= 4 is 83.1 Å². The van der Waals surface area contributed by atoms with Gasteiger partial charge in [0.1, 0.15) is 0 Å². The average Bonchev–Trinajstić information content (AvgIpc) is 1.53. The van der Waals surface area contributed by atoms with Crippen molar-refractivity contribution < 1.29 is 0 Å². The molecule has 0 heterocycles. The van der Waals surface area contributed by atoms with Crippen LogP contribution >= 0.6 is 11.6 Å². The van der Waals surface area contributed by atoms with E-state index in [-0.39, 0.29) is 16.2 Å². The fourth-order valence-electron chi connectivity index (χ4n) is 23.3. The van der Waals surface area contributed by atoms with Gasteiger partial charge in [-0.15, -0.1) is 0 Å². The Morgan fingerprint density at radius 3 is 0.956 bits per heavy atom. The van der Waals surface area contributed by atoms with E-state index in [4.69, 9.17) is 11.6 Å². The van der Waals surface area contributed by atoms with Gasteiger partial charge in [0.25, 0.3) is 0 Å². The van der Waals surface area contributed by atoms with Crippen molar-refractivity contribution in [3.05, 3.63) is 569 Å². The predicted octanol–water partition coefficient (Wildman–Crippen LogP) is 35.5. The van der Waals surface area contributed by atoms with E-state index in [2.05, 4.69) is 511 Å². The van der Waals surface area contributed by atoms with Crippen molar-refractivity contribution in [2.75, 3.05) is 10.2 Å². The van der Waals surface area contributed by atoms with Crippen LogP contribution < -0.4 is 10.2 Å². The highest BCUT2D eigenvalue weighted by atomic mass is 35.5. The molecule has 0 bridgehead atoms. The largest absolute Gasteiger partial charge is 0.355 e. The minimum atomic E-state index is -0.422. The number of para-hydroxylation sites is 2. The van der Waals surface area contributed by atoms with Gasteiger partial charge >= 0.3 is 0 Å². The van der Waals surface area contributed by atoms with E-state index in [1.54, 1.807) is 0 Å². The molecule has 2 spiro atoms. The van der Waals surface area contributed by atoms with Gasteiger partial charge in [0.2, 0.25) is 0 Å². The van der Waals surface area contributed by atoms with Gasteiger partial charge in [-0.1, -0.05) is 464 Å². The van der Waals surface area contributed by atoms with Crippen LogP contribution in [-0.2, 0) is 21.7 Å². The quantitative estimate of drug-likeness (QED) is 0.130. The Hall–Kier alpha value is -16.2. The van der Waals surface area contributed by atoms with Crippen LogP contribution in [-0.4, -0.2) is 0 Å².